The first-order valence-corrected chi connectivity index (χ1v) is 7.23. The zero-order valence-corrected chi connectivity index (χ0v) is 11.8. The Morgan fingerprint density at radius 2 is 2.38 bits per heavy atom. The molecule has 1 saturated heterocycles. The Bertz CT molecular complexity index is 638. The largest absolute Gasteiger partial charge is 0.377 e. The summed E-state index contributed by atoms with van der Waals surface area (Å²) in [4.78, 5) is 16.0. The van der Waals surface area contributed by atoms with Crippen molar-refractivity contribution in [3.63, 3.8) is 0 Å². The van der Waals surface area contributed by atoms with Crippen molar-refractivity contribution in [1.82, 2.24) is 10.3 Å². The van der Waals surface area contributed by atoms with E-state index in [-0.39, 0.29) is 12.0 Å². The number of rotatable bonds is 5. The van der Waals surface area contributed by atoms with Crippen LogP contribution < -0.4 is 11.1 Å². The summed E-state index contributed by atoms with van der Waals surface area (Å²) in [6, 6.07) is 9.12. The van der Waals surface area contributed by atoms with Crippen LogP contribution in [0.15, 0.2) is 36.5 Å². The summed E-state index contributed by atoms with van der Waals surface area (Å²) < 4.78 is 5.56. The normalized spacial score (nSPS) is 19.7. The lowest BCUT2D eigenvalue weighted by atomic mass is 10.0. The molecule has 2 atom stereocenters. The average molecular weight is 285 g/mol. The molecular formula is C16H19N3O2. The lowest BCUT2D eigenvalue weighted by Gasteiger charge is -2.18. The Morgan fingerprint density at radius 3 is 3.14 bits per heavy atom. The topological polar surface area (TPSA) is 77.2 Å². The zero-order chi connectivity index (χ0) is 14.7. The lowest BCUT2D eigenvalue weighted by molar-refractivity contribution is -0.120. The van der Waals surface area contributed by atoms with Gasteiger partial charge in [0.2, 0.25) is 5.91 Å². The van der Waals surface area contributed by atoms with Crippen molar-refractivity contribution in [2.75, 3.05) is 13.2 Å². The molecule has 3 rings (SSSR count). The minimum Gasteiger partial charge on any atom is -0.377 e. The van der Waals surface area contributed by atoms with Gasteiger partial charge < -0.3 is 10.5 Å². The molecule has 1 aromatic heterocycles. The predicted molar refractivity (Wildman–Crippen MR) is 80.7 cm³/mol. The maximum Gasteiger partial charge on any atom is 0.239 e. The number of nitrogens with zero attached hydrogens (tertiary/aromatic N) is 1. The monoisotopic (exact) mass is 285 g/mol. The fourth-order valence-corrected chi connectivity index (χ4v) is 2.71. The Hall–Kier alpha value is -1.98. The van der Waals surface area contributed by atoms with Gasteiger partial charge in [0.05, 0.1) is 11.6 Å². The first-order chi connectivity index (χ1) is 10.2. The fraction of sp³-hybridized carbons (Fsp3) is 0.375. The Balaban J connectivity index is 1.79. The van der Waals surface area contributed by atoms with Gasteiger partial charge in [0.1, 0.15) is 6.04 Å². The molecule has 1 aliphatic heterocycles. The van der Waals surface area contributed by atoms with E-state index in [1.54, 1.807) is 6.20 Å². The number of primary amides is 1. The second-order valence-electron chi connectivity index (χ2n) is 5.33. The molecule has 5 heteroatoms. The molecule has 2 heterocycles. The third-order valence-electron chi connectivity index (χ3n) is 3.82. The third kappa shape index (κ3) is 3.20. The summed E-state index contributed by atoms with van der Waals surface area (Å²) in [5.74, 6) is -0.378. The lowest BCUT2D eigenvalue weighted by Crippen LogP contribution is -2.37. The number of nitrogens with one attached hydrogen (secondary N) is 1. The van der Waals surface area contributed by atoms with Crippen molar-refractivity contribution in [3.05, 3.63) is 42.1 Å². The van der Waals surface area contributed by atoms with E-state index >= 15 is 0 Å². The van der Waals surface area contributed by atoms with Crippen LogP contribution in [0.25, 0.3) is 10.9 Å². The number of carbonyl (C=O) groups is 1. The van der Waals surface area contributed by atoms with Crippen LogP contribution in [0.5, 0.6) is 0 Å². The van der Waals surface area contributed by atoms with Crippen molar-refractivity contribution in [2.45, 2.75) is 25.0 Å². The van der Waals surface area contributed by atoms with Crippen molar-refractivity contribution in [1.29, 1.82) is 0 Å². The molecule has 1 fully saturated rings. The number of aromatic nitrogens is 1. The van der Waals surface area contributed by atoms with Crippen molar-refractivity contribution in [2.24, 2.45) is 5.73 Å². The number of amides is 1. The summed E-state index contributed by atoms with van der Waals surface area (Å²) in [6.07, 6.45) is 4.03. The van der Waals surface area contributed by atoms with Gasteiger partial charge >= 0.3 is 0 Å². The number of hydrogen-bond donors (Lipinski definition) is 2. The smallest absolute Gasteiger partial charge is 0.239 e. The second kappa shape index (κ2) is 6.20. The SMILES string of the molecule is NC(=O)C(NCC1CCCO1)c1ccc2ncccc2c1. The molecule has 0 spiro atoms. The van der Waals surface area contributed by atoms with E-state index in [0.717, 1.165) is 35.9 Å². The molecule has 5 nitrogen and oxygen atoms in total. The van der Waals surface area contributed by atoms with Crippen LogP contribution in [0.3, 0.4) is 0 Å². The molecule has 1 aromatic carbocycles. The summed E-state index contributed by atoms with van der Waals surface area (Å²) >= 11 is 0. The Kier molecular flexibility index (Phi) is 4.13. The molecule has 0 radical (unpaired) electrons. The molecule has 1 amide bonds. The van der Waals surface area contributed by atoms with E-state index in [1.807, 2.05) is 30.3 Å². The highest BCUT2D eigenvalue weighted by atomic mass is 16.5. The first-order valence-electron chi connectivity index (χ1n) is 7.23. The van der Waals surface area contributed by atoms with E-state index < -0.39 is 6.04 Å². The number of pyridine rings is 1. The van der Waals surface area contributed by atoms with Gasteiger partial charge in [-0.2, -0.15) is 0 Å². The quantitative estimate of drug-likeness (QED) is 0.873. The van der Waals surface area contributed by atoms with Gasteiger partial charge in [0.25, 0.3) is 0 Å². The number of carbonyl (C=O) groups excluding carboxylic acids is 1. The number of hydrogen-bond acceptors (Lipinski definition) is 4. The number of ether oxygens (including phenoxy) is 1. The van der Waals surface area contributed by atoms with Crippen molar-refractivity contribution >= 4 is 16.8 Å². The van der Waals surface area contributed by atoms with E-state index in [4.69, 9.17) is 10.5 Å². The molecular weight excluding hydrogens is 266 g/mol. The highest BCUT2D eigenvalue weighted by Gasteiger charge is 2.21. The van der Waals surface area contributed by atoms with Crippen LogP contribution >= 0.6 is 0 Å². The number of nitrogens with two attached hydrogens (primary N) is 1. The molecule has 0 saturated carbocycles. The summed E-state index contributed by atoms with van der Waals surface area (Å²) in [6.45, 7) is 1.44. The van der Waals surface area contributed by atoms with Crippen LogP contribution in [0.2, 0.25) is 0 Å². The van der Waals surface area contributed by atoms with E-state index in [9.17, 15) is 4.79 Å². The highest BCUT2D eigenvalue weighted by molar-refractivity contribution is 5.85. The van der Waals surface area contributed by atoms with Gasteiger partial charge in [-0.05, 0) is 36.6 Å². The minimum absolute atomic E-state index is 0.175. The van der Waals surface area contributed by atoms with Gasteiger partial charge in [-0.3, -0.25) is 15.1 Å². The molecule has 0 aliphatic carbocycles. The maximum atomic E-state index is 11.7. The standard InChI is InChI=1S/C16H19N3O2/c17-16(20)15(19-10-13-4-2-8-21-13)12-5-6-14-11(9-12)3-1-7-18-14/h1,3,5-7,9,13,15,19H,2,4,8,10H2,(H2,17,20). The van der Waals surface area contributed by atoms with Gasteiger partial charge in [-0.1, -0.05) is 12.1 Å². The minimum atomic E-state index is -0.501. The van der Waals surface area contributed by atoms with Crippen LogP contribution in [0, 0.1) is 0 Å². The molecule has 2 unspecified atom stereocenters. The Labute approximate surface area is 123 Å². The first kappa shape index (κ1) is 14.0. The van der Waals surface area contributed by atoms with Gasteiger partial charge in [-0.15, -0.1) is 0 Å². The van der Waals surface area contributed by atoms with Crippen LogP contribution in [-0.4, -0.2) is 30.1 Å². The van der Waals surface area contributed by atoms with Crippen molar-refractivity contribution < 1.29 is 9.53 Å². The highest BCUT2D eigenvalue weighted by Crippen LogP contribution is 2.20. The van der Waals surface area contributed by atoms with Gasteiger partial charge in [0.15, 0.2) is 0 Å². The zero-order valence-electron chi connectivity index (χ0n) is 11.8. The Morgan fingerprint density at radius 1 is 1.48 bits per heavy atom. The molecule has 3 N–H and O–H groups in total. The molecule has 110 valence electrons. The number of fused-ring (bicyclic) bond motifs is 1. The van der Waals surface area contributed by atoms with Crippen molar-refractivity contribution in [3.8, 4) is 0 Å². The van der Waals surface area contributed by atoms with Crippen LogP contribution in [-0.2, 0) is 9.53 Å². The van der Waals surface area contributed by atoms with Crippen LogP contribution in [0.1, 0.15) is 24.4 Å². The van der Waals surface area contributed by atoms with Crippen LogP contribution in [0.4, 0.5) is 0 Å². The summed E-state index contributed by atoms with van der Waals surface area (Å²) in [5.41, 5.74) is 7.31. The maximum absolute atomic E-state index is 11.7. The fourth-order valence-electron chi connectivity index (χ4n) is 2.71. The average Bonchev–Trinajstić information content (AvgIpc) is 3.00. The summed E-state index contributed by atoms with van der Waals surface area (Å²) in [7, 11) is 0. The molecule has 0 bridgehead atoms. The molecule has 21 heavy (non-hydrogen) atoms. The molecule has 1 aliphatic rings. The second-order valence-corrected chi connectivity index (χ2v) is 5.33. The summed E-state index contributed by atoms with van der Waals surface area (Å²) in [5, 5.41) is 4.22. The van der Waals surface area contributed by atoms with E-state index in [0.29, 0.717) is 6.54 Å². The van der Waals surface area contributed by atoms with Gasteiger partial charge in [0, 0.05) is 24.7 Å². The third-order valence-corrected chi connectivity index (χ3v) is 3.82. The van der Waals surface area contributed by atoms with Gasteiger partial charge in [-0.25, -0.2) is 0 Å². The molecule has 2 aromatic rings. The predicted octanol–water partition coefficient (Wildman–Crippen LogP) is 1.53. The van der Waals surface area contributed by atoms with E-state index in [1.165, 1.54) is 0 Å². The number of benzene rings is 1. The van der Waals surface area contributed by atoms with E-state index in [2.05, 4.69) is 10.3 Å².